The number of carbonyl (C=O) groups is 1. The second-order valence-corrected chi connectivity index (χ2v) is 4.67. The molecule has 0 saturated heterocycles. The van der Waals surface area contributed by atoms with Gasteiger partial charge in [-0.1, -0.05) is 12.1 Å². The summed E-state index contributed by atoms with van der Waals surface area (Å²) in [6.07, 6.45) is 1.17. The number of hydrogen-bond acceptors (Lipinski definition) is 8. The number of hydrazone groups is 1. The molecule has 2 aromatic carbocycles. The second-order valence-electron chi connectivity index (χ2n) is 4.67. The van der Waals surface area contributed by atoms with E-state index in [0.717, 1.165) is 0 Å². The maximum atomic E-state index is 12.0. The average Bonchev–Trinajstić information content (AvgIpc) is 2.54. The minimum atomic E-state index is -1.08. The Morgan fingerprint density at radius 3 is 2.44 bits per heavy atom. The Kier molecular flexibility index (Phi) is 4.88. The summed E-state index contributed by atoms with van der Waals surface area (Å²) in [4.78, 5) is 31.7. The molecule has 11 heteroatoms. The Morgan fingerprint density at radius 2 is 1.84 bits per heavy atom. The van der Waals surface area contributed by atoms with E-state index in [9.17, 15) is 35.2 Å². The molecule has 0 aliphatic heterocycles. The van der Waals surface area contributed by atoms with Crippen molar-refractivity contribution < 1.29 is 24.9 Å². The molecule has 0 atom stereocenters. The number of phenolic OH excluding ortho intramolecular Hbond substituents is 2. The van der Waals surface area contributed by atoms with Crippen molar-refractivity contribution in [2.75, 3.05) is 0 Å². The number of rotatable bonds is 5. The summed E-state index contributed by atoms with van der Waals surface area (Å²) in [5.74, 6) is -2.12. The predicted octanol–water partition coefficient (Wildman–Crippen LogP) is 1.68. The molecular weight excluding hydrogens is 336 g/mol. The third-order valence-electron chi connectivity index (χ3n) is 2.98. The largest absolute Gasteiger partial charge is 0.508 e. The SMILES string of the molecule is O=C(N/N=C/c1cccc(O)c1)c1cc([N+](=O)[O-])cc([N+](=O)[O-])c1O. The number of nitro groups is 2. The quantitative estimate of drug-likeness (QED) is 0.420. The third kappa shape index (κ3) is 4.04. The van der Waals surface area contributed by atoms with Crippen LogP contribution in [0, 0.1) is 20.2 Å². The van der Waals surface area contributed by atoms with Crippen molar-refractivity contribution in [3.05, 3.63) is 67.8 Å². The summed E-state index contributed by atoms with van der Waals surface area (Å²) in [6.45, 7) is 0. The minimum absolute atomic E-state index is 0.0257. The molecule has 1 amide bonds. The van der Waals surface area contributed by atoms with E-state index >= 15 is 0 Å². The number of nitrogens with zero attached hydrogens (tertiary/aromatic N) is 3. The zero-order valence-corrected chi connectivity index (χ0v) is 12.3. The van der Waals surface area contributed by atoms with Crippen LogP contribution in [-0.2, 0) is 0 Å². The number of benzene rings is 2. The van der Waals surface area contributed by atoms with Crippen LogP contribution >= 0.6 is 0 Å². The van der Waals surface area contributed by atoms with Gasteiger partial charge in [0.2, 0.25) is 5.75 Å². The van der Waals surface area contributed by atoms with Gasteiger partial charge in [0.15, 0.2) is 0 Å². The summed E-state index contributed by atoms with van der Waals surface area (Å²) in [6, 6.07) is 7.13. The van der Waals surface area contributed by atoms with Crippen LogP contribution in [0.2, 0.25) is 0 Å². The van der Waals surface area contributed by atoms with E-state index < -0.39 is 38.4 Å². The smallest absolute Gasteiger partial charge is 0.318 e. The van der Waals surface area contributed by atoms with Crippen LogP contribution < -0.4 is 5.43 Å². The number of aromatic hydroxyl groups is 2. The lowest BCUT2D eigenvalue weighted by Crippen LogP contribution is -2.18. The van der Waals surface area contributed by atoms with E-state index in [1.807, 2.05) is 5.43 Å². The van der Waals surface area contributed by atoms with Gasteiger partial charge in [0.25, 0.3) is 11.6 Å². The maximum absolute atomic E-state index is 12.0. The van der Waals surface area contributed by atoms with Crippen molar-refractivity contribution in [1.29, 1.82) is 0 Å². The van der Waals surface area contributed by atoms with Crippen LogP contribution in [0.25, 0.3) is 0 Å². The Hall–Kier alpha value is -4.02. The highest BCUT2D eigenvalue weighted by Gasteiger charge is 2.27. The summed E-state index contributed by atoms with van der Waals surface area (Å²) in [5, 5.41) is 44.3. The summed E-state index contributed by atoms with van der Waals surface area (Å²) >= 11 is 0. The van der Waals surface area contributed by atoms with Crippen LogP contribution in [0.4, 0.5) is 11.4 Å². The van der Waals surface area contributed by atoms with Gasteiger partial charge >= 0.3 is 5.69 Å². The lowest BCUT2D eigenvalue weighted by Gasteiger charge is -2.04. The van der Waals surface area contributed by atoms with E-state index in [-0.39, 0.29) is 5.75 Å². The van der Waals surface area contributed by atoms with Crippen LogP contribution in [0.3, 0.4) is 0 Å². The molecular formula is C14H10N4O7. The molecule has 11 nitrogen and oxygen atoms in total. The summed E-state index contributed by atoms with van der Waals surface area (Å²) in [7, 11) is 0. The van der Waals surface area contributed by atoms with E-state index in [1.165, 1.54) is 24.4 Å². The van der Waals surface area contributed by atoms with Crippen LogP contribution in [0.15, 0.2) is 41.5 Å². The first-order valence-corrected chi connectivity index (χ1v) is 6.58. The lowest BCUT2D eigenvalue weighted by atomic mass is 10.1. The number of hydrogen-bond donors (Lipinski definition) is 3. The normalized spacial score (nSPS) is 10.6. The van der Waals surface area contributed by atoms with Crippen molar-refractivity contribution in [2.24, 2.45) is 5.10 Å². The van der Waals surface area contributed by atoms with Gasteiger partial charge in [0, 0.05) is 6.07 Å². The minimum Gasteiger partial charge on any atom is -0.508 e. The molecule has 0 radical (unpaired) electrons. The monoisotopic (exact) mass is 346 g/mol. The van der Waals surface area contributed by atoms with Gasteiger partial charge < -0.3 is 10.2 Å². The number of nitrogens with one attached hydrogen (secondary N) is 1. The zero-order chi connectivity index (χ0) is 18.6. The van der Waals surface area contributed by atoms with Gasteiger partial charge in [-0.3, -0.25) is 25.0 Å². The number of amides is 1. The van der Waals surface area contributed by atoms with Gasteiger partial charge in [-0.05, 0) is 17.7 Å². The Morgan fingerprint density at radius 1 is 1.12 bits per heavy atom. The molecule has 0 saturated carbocycles. The van der Waals surface area contributed by atoms with Gasteiger partial charge in [-0.25, -0.2) is 5.43 Å². The Labute approximate surface area is 139 Å². The predicted molar refractivity (Wildman–Crippen MR) is 84.6 cm³/mol. The number of non-ortho nitro benzene ring substituents is 1. The summed E-state index contributed by atoms with van der Waals surface area (Å²) in [5.41, 5.74) is 0.0452. The van der Waals surface area contributed by atoms with Gasteiger partial charge in [0.1, 0.15) is 5.75 Å². The molecule has 25 heavy (non-hydrogen) atoms. The first-order valence-electron chi connectivity index (χ1n) is 6.58. The zero-order valence-electron chi connectivity index (χ0n) is 12.3. The summed E-state index contributed by atoms with van der Waals surface area (Å²) < 4.78 is 0. The molecule has 0 fully saturated rings. The molecule has 2 aromatic rings. The first kappa shape index (κ1) is 17.3. The molecule has 2 rings (SSSR count). The van der Waals surface area contributed by atoms with Crippen molar-refractivity contribution >= 4 is 23.5 Å². The van der Waals surface area contributed by atoms with Gasteiger partial charge in [-0.2, -0.15) is 5.10 Å². The fraction of sp³-hybridized carbons (Fsp3) is 0. The molecule has 0 aliphatic carbocycles. The van der Waals surface area contributed by atoms with E-state index in [2.05, 4.69) is 5.10 Å². The molecule has 0 heterocycles. The molecule has 0 aliphatic rings. The topological polar surface area (TPSA) is 168 Å². The van der Waals surface area contributed by atoms with Gasteiger partial charge in [0.05, 0.1) is 27.7 Å². The fourth-order valence-electron chi connectivity index (χ4n) is 1.85. The Balaban J connectivity index is 2.29. The van der Waals surface area contributed by atoms with Crippen molar-refractivity contribution in [3.63, 3.8) is 0 Å². The average molecular weight is 346 g/mol. The number of nitro benzene ring substituents is 2. The number of phenols is 2. The molecule has 0 bridgehead atoms. The first-order chi connectivity index (χ1) is 11.8. The lowest BCUT2D eigenvalue weighted by molar-refractivity contribution is -0.394. The van der Waals surface area contributed by atoms with E-state index in [4.69, 9.17) is 0 Å². The highest BCUT2D eigenvalue weighted by atomic mass is 16.6. The van der Waals surface area contributed by atoms with Crippen molar-refractivity contribution in [3.8, 4) is 11.5 Å². The maximum Gasteiger partial charge on any atom is 0.318 e. The third-order valence-corrected chi connectivity index (χ3v) is 2.98. The molecule has 128 valence electrons. The standard InChI is InChI=1S/C14H10N4O7/c19-10-3-1-2-8(4-10)7-15-16-14(21)11-5-9(17(22)23)6-12(13(11)20)18(24)25/h1-7,19-20H,(H,16,21)/b15-7+. The Bertz CT molecular complexity index is 895. The molecule has 0 aromatic heterocycles. The number of carbonyl (C=O) groups excluding carboxylic acids is 1. The molecule has 3 N–H and O–H groups in total. The molecule has 0 spiro atoms. The second kappa shape index (κ2) is 7.04. The van der Waals surface area contributed by atoms with E-state index in [0.29, 0.717) is 17.7 Å². The van der Waals surface area contributed by atoms with Crippen molar-refractivity contribution in [1.82, 2.24) is 5.43 Å². The van der Waals surface area contributed by atoms with E-state index in [1.54, 1.807) is 6.07 Å². The van der Waals surface area contributed by atoms with Crippen molar-refractivity contribution in [2.45, 2.75) is 0 Å². The highest BCUT2D eigenvalue weighted by molar-refractivity contribution is 5.99. The molecule has 0 unspecified atom stereocenters. The highest BCUT2D eigenvalue weighted by Crippen LogP contribution is 2.34. The van der Waals surface area contributed by atoms with Crippen LogP contribution in [0.1, 0.15) is 15.9 Å². The van der Waals surface area contributed by atoms with Crippen LogP contribution in [-0.4, -0.2) is 32.2 Å². The van der Waals surface area contributed by atoms with Crippen LogP contribution in [0.5, 0.6) is 11.5 Å². The fourth-order valence-corrected chi connectivity index (χ4v) is 1.85. The van der Waals surface area contributed by atoms with Gasteiger partial charge in [-0.15, -0.1) is 0 Å².